The Morgan fingerprint density at radius 3 is 2.93 bits per heavy atom. The number of rotatable bonds is 8. The number of morpholine rings is 1. The molecule has 2 saturated heterocycles. The van der Waals surface area contributed by atoms with Gasteiger partial charge in [0.1, 0.15) is 12.4 Å². The fourth-order valence-electron chi connectivity index (χ4n) is 3.31. The predicted molar refractivity (Wildman–Crippen MR) is 122 cm³/mol. The van der Waals surface area contributed by atoms with Gasteiger partial charge in [-0.25, -0.2) is 0 Å². The molecule has 2 fully saturated rings. The van der Waals surface area contributed by atoms with Crippen LogP contribution in [0.2, 0.25) is 0 Å². The third-order valence-corrected chi connectivity index (χ3v) is 5.91. The first-order valence-electron chi connectivity index (χ1n) is 10.3. The minimum absolute atomic E-state index is 0.380. The summed E-state index contributed by atoms with van der Waals surface area (Å²) < 4.78 is 11.3. The molecule has 0 spiro atoms. The first-order valence-corrected chi connectivity index (χ1v) is 11.4. The van der Waals surface area contributed by atoms with E-state index in [9.17, 15) is 0 Å². The number of thioether (sulfide) groups is 1. The lowest BCUT2D eigenvalue weighted by atomic mass is 10.2. The summed E-state index contributed by atoms with van der Waals surface area (Å²) in [5.41, 5.74) is 5.27. The van der Waals surface area contributed by atoms with Crippen LogP contribution >= 0.6 is 11.8 Å². The number of ether oxygens (including phenoxy) is 2. The van der Waals surface area contributed by atoms with E-state index in [1.54, 1.807) is 6.21 Å². The van der Waals surface area contributed by atoms with Gasteiger partial charge in [-0.2, -0.15) is 15.1 Å². The van der Waals surface area contributed by atoms with Crippen LogP contribution in [0, 0.1) is 6.92 Å². The molecule has 1 aromatic carbocycles. The molecule has 8 nitrogen and oxygen atoms in total. The maximum atomic E-state index is 5.90. The molecule has 0 amide bonds. The van der Waals surface area contributed by atoms with Crippen LogP contribution in [0.15, 0.2) is 35.4 Å². The number of benzene rings is 1. The normalized spacial score (nSPS) is 17.6. The molecule has 1 aromatic heterocycles. The Balaban J connectivity index is 1.41. The third kappa shape index (κ3) is 6.07. The molecule has 4 rings (SSSR count). The second kappa shape index (κ2) is 10.6. The van der Waals surface area contributed by atoms with Gasteiger partial charge in [-0.15, -0.1) is 11.8 Å². The summed E-state index contributed by atoms with van der Waals surface area (Å²) in [7, 11) is 0. The Hall–Kier alpha value is -2.36. The van der Waals surface area contributed by atoms with Gasteiger partial charge in [-0.1, -0.05) is 29.8 Å². The fourth-order valence-corrected chi connectivity index (χ4v) is 4.27. The zero-order valence-corrected chi connectivity index (χ0v) is 18.1. The van der Waals surface area contributed by atoms with Gasteiger partial charge < -0.3 is 14.4 Å². The van der Waals surface area contributed by atoms with Crippen molar-refractivity contribution in [3.8, 4) is 6.01 Å². The summed E-state index contributed by atoms with van der Waals surface area (Å²) in [6.07, 6.45) is 1.79. The SMILES string of the molecule is Cc1cccc(C=NNc2cc(N3CCSC3)nc(OCCN3CCOCC3)n2)c1. The van der Waals surface area contributed by atoms with Gasteiger partial charge in [-0.3, -0.25) is 10.3 Å². The van der Waals surface area contributed by atoms with E-state index in [0.717, 1.165) is 62.4 Å². The van der Waals surface area contributed by atoms with Gasteiger partial charge in [0.25, 0.3) is 0 Å². The lowest BCUT2D eigenvalue weighted by Crippen LogP contribution is -2.38. The molecule has 2 aliphatic rings. The van der Waals surface area contributed by atoms with Gasteiger partial charge in [0.05, 0.1) is 25.3 Å². The summed E-state index contributed by atoms with van der Waals surface area (Å²) in [5, 5.41) is 4.35. The van der Waals surface area contributed by atoms with Gasteiger partial charge in [0.15, 0.2) is 5.82 Å². The highest BCUT2D eigenvalue weighted by Crippen LogP contribution is 2.25. The minimum Gasteiger partial charge on any atom is -0.462 e. The molecule has 0 unspecified atom stereocenters. The number of aryl methyl sites for hydroxylation is 1. The summed E-state index contributed by atoms with van der Waals surface area (Å²) in [6.45, 7) is 7.87. The van der Waals surface area contributed by atoms with Crippen molar-refractivity contribution in [3.05, 3.63) is 41.5 Å². The Morgan fingerprint density at radius 1 is 1.23 bits per heavy atom. The number of anilines is 2. The van der Waals surface area contributed by atoms with Crippen molar-refractivity contribution < 1.29 is 9.47 Å². The highest BCUT2D eigenvalue weighted by Gasteiger charge is 2.17. The standard InChI is InChI=1S/C21H28N6O2S/c1-17-3-2-4-18(13-17)15-22-25-19-14-20(27-8-12-30-16-27)24-21(23-19)29-11-7-26-5-9-28-10-6-26/h2-4,13-15H,5-12,16H2,1H3,(H,23,24,25). The third-order valence-electron chi connectivity index (χ3n) is 4.95. The van der Waals surface area contributed by atoms with Crippen LogP contribution in [0.5, 0.6) is 6.01 Å². The summed E-state index contributed by atoms with van der Waals surface area (Å²) in [5.74, 6) is 3.52. The smallest absolute Gasteiger partial charge is 0.320 e. The number of hydrazone groups is 1. The second-order valence-electron chi connectivity index (χ2n) is 7.28. The van der Waals surface area contributed by atoms with Gasteiger partial charge >= 0.3 is 6.01 Å². The minimum atomic E-state index is 0.380. The highest BCUT2D eigenvalue weighted by atomic mass is 32.2. The van der Waals surface area contributed by atoms with Crippen LogP contribution in [-0.2, 0) is 4.74 Å². The average molecular weight is 429 g/mol. The van der Waals surface area contributed by atoms with Crippen molar-refractivity contribution in [2.75, 3.05) is 68.0 Å². The van der Waals surface area contributed by atoms with Gasteiger partial charge in [0, 0.05) is 38.0 Å². The predicted octanol–water partition coefficient (Wildman–Crippen LogP) is 2.45. The Kier molecular flexibility index (Phi) is 7.39. The van der Waals surface area contributed by atoms with E-state index in [1.807, 2.05) is 30.0 Å². The quantitative estimate of drug-likeness (QED) is 0.508. The van der Waals surface area contributed by atoms with Crippen LogP contribution in [-0.4, -0.2) is 78.7 Å². The first kappa shape index (κ1) is 20.9. The number of nitrogens with zero attached hydrogens (tertiary/aromatic N) is 5. The molecule has 30 heavy (non-hydrogen) atoms. The van der Waals surface area contributed by atoms with Crippen molar-refractivity contribution in [1.29, 1.82) is 0 Å². The molecule has 0 radical (unpaired) electrons. The highest BCUT2D eigenvalue weighted by molar-refractivity contribution is 7.99. The van der Waals surface area contributed by atoms with Gasteiger partial charge in [0.2, 0.25) is 0 Å². The van der Waals surface area contributed by atoms with E-state index < -0.39 is 0 Å². The maximum Gasteiger partial charge on any atom is 0.320 e. The molecule has 160 valence electrons. The Labute approximate surface area is 181 Å². The molecule has 0 saturated carbocycles. The topological polar surface area (TPSA) is 75.1 Å². The van der Waals surface area contributed by atoms with Crippen LogP contribution in [0.1, 0.15) is 11.1 Å². The monoisotopic (exact) mass is 428 g/mol. The second-order valence-corrected chi connectivity index (χ2v) is 8.36. The Morgan fingerprint density at radius 2 is 2.13 bits per heavy atom. The zero-order chi connectivity index (χ0) is 20.6. The van der Waals surface area contributed by atoms with Crippen molar-refractivity contribution in [2.24, 2.45) is 5.10 Å². The maximum absolute atomic E-state index is 5.90. The van der Waals surface area contributed by atoms with Crippen molar-refractivity contribution in [3.63, 3.8) is 0 Å². The zero-order valence-electron chi connectivity index (χ0n) is 17.3. The van der Waals surface area contributed by atoms with E-state index >= 15 is 0 Å². The van der Waals surface area contributed by atoms with Crippen LogP contribution in [0.3, 0.4) is 0 Å². The largest absolute Gasteiger partial charge is 0.462 e. The molecular weight excluding hydrogens is 400 g/mol. The van der Waals surface area contributed by atoms with E-state index in [4.69, 9.17) is 9.47 Å². The number of hydrogen-bond donors (Lipinski definition) is 1. The van der Waals surface area contributed by atoms with Crippen LogP contribution in [0.25, 0.3) is 0 Å². The Bertz CT molecular complexity index is 853. The lowest BCUT2D eigenvalue weighted by Gasteiger charge is -2.26. The molecule has 9 heteroatoms. The van der Waals surface area contributed by atoms with Gasteiger partial charge in [-0.05, 0) is 12.5 Å². The molecular formula is C21H28N6O2S. The van der Waals surface area contributed by atoms with E-state index in [1.165, 1.54) is 5.56 Å². The fraction of sp³-hybridized carbons (Fsp3) is 0.476. The van der Waals surface area contributed by atoms with Crippen molar-refractivity contribution in [2.45, 2.75) is 6.92 Å². The van der Waals surface area contributed by atoms with E-state index in [2.05, 4.69) is 49.4 Å². The van der Waals surface area contributed by atoms with Crippen molar-refractivity contribution >= 4 is 29.6 Å². The molecule has 3 heterocycles. The molecule has 1 N–H and O–H groups in total. The molecule has 0 bridgehead atoms. The van der Waals surface area contributed by atoms with Crippen LogP contribution < -0.4 is 15.1 Å². The van der Waals surface area contributed by atoms with Crippen molar-refractivity contribution in [1.82, 2.24) is 14.9 Å². The van der Waals surface area contributed by atoms with E-state index in [-0.39, 0.29) is 0 Å². The summed E-state index contributed by atoms with van der Waals surface area (Å²) in [4.78, 5) is 13.7. The van der Waals surface area contributed by atoms with Crippen LogP contribution in [0.4, 0.5) is 11.6 Å². The summed E-state index contributed by atoms with van der Waals surface area (Å²) >= 11 is 1.90. The molecule has 2 aromatic rings. The molecule has 2 aliphatic heterocycles. The summed E-state index contributed by atoms with van der Waals surface area (Å²) in [6, 6.07) is 10.5. The number of nitrogens with one attached hydrogen (secondary N) is 1. The van der Waals surface area contributed by atoms with E-state index in [0.29, 0.717) is 18.4 Å². The lowest BCUT2D eigenvalue weighted by molar-refractivity contribution is 0.0317. The molecule has 0 atom stereocenters. The molecule has 0 aliphatic carbocycles. The number of hydrogen-bond acceptors (Lipinski definition) is 9. The first-order chi connectivity index (χ1) is 14.8. The number of aromatic nitrogens is 2. The average Bonchev–Trinajstić information content (AvgIpc) is 3.30.